The van der Waals surface area contributed by atoms with E-state index in [0.717, 1.165) is 11.1 Å². The van der Waals surface area contributed by atoms with Crippen molar-refractivity contribution in [1.29, 1.82) is 0 Å². The van der Waals surface area contributed by atoms with Crippen LogP contribution in [0.2, 0.25) is 0 Å². The maximum atomic E-state index is 12.0. The Hall–Kier alpha value is -3.50. The predicted octanol–water partition coefficient (Wildman–Crippen LogP) is 3.03. The lowest BCUT2D eigenvalue weighted by atomic mass is 10.0. The number of fused-ring (bicyclic) bond motifs is 1. The van der Waals surface area contributed by atoms with Gasteiger partial charge in [-0.1, -0.05) is 0 Å². The average Bonchev–Trinajstić information content (AvgIpc) is 2.72. The van der Waals surface area contributed by atoms with E-state index in [0.29, 0.717) is 22.9 Å². The summed E-state index contributed by atoms with van der Waals surface area (Å²) in [4.78, 5) is 9.09. The number of hydrogen-bond acceptors (Lipinski definition) is 7. The third-order valence-corrected chi connectivity index (χ3v) is 5.11. The Labute approximate surface area is 167 Å². The molecular weight excluding hydrogens is 394 g/mol. The molecule has 1 aromatic heterocycles. The summed E-state index contributed by atoms with van der Waals surface area (Å²) in [5.74, 6) is 1.16. The molecule has 0 saturated carbocycles. The summed E-state index contributed by atoms with van der Waals surface area (Å²) in [7, 11) is -0.679. The number of hydrogen-bond donors (Lipinski definition) is 2. The summed E-state index contributed by atoms with van der Waals surface area (Å²) in [5.41, 5.74) is 8.50. The van der Waals surface area contributed by atoms with Crippen LogP contribution in [0, 0.1) is 0 Å². The van der Waals surface area contributed by atoms with Crippen molar-refractivity contribution in [3.8, 4) is 34.0 Å². The van der Waals surface area contributed by atoms with Crippen LogP contribution in [0.1, 0.15) is 5.69 Å². The molecule has 0 amide bonds. The van der Waals surface area contributed by atoms with Gasteiger partial charge in [-0.3, -0.25) is 4.55 Å². The smallest absolute Gasteiger partial charge is 0.281 e. The molecule has 10 heteroatoms. The van der Waals surface area contributed by atoms with Crippen LogP contribution in [0.5, 0.6) is 11.5 Å². The highest BCUT2D eigenvalue weighted by atomic mass is 32.2. The second-order valence-electron chi connectivity index (χ2n) is 6.09. The standard InChI is InChI=1S/C19H17N5O4S/c1-27-13-7-3-11(4-8-13)15-16(12-5-9-14(28-2)10-6-12)22-19-17(21-15)18(20)23-29(25,26)24-19/h3-10H,1-2H3,(H3,20,22,23,24,25,26). The fraction of sp³-hybridized carbons (Fsp3) is 0.105. The van der Waals surface area contributed by atoms with Crippen LogP contribution in [0.3, 0.4) is 0 Å². The highest BCUT2D eigenvalue weighted by Gasteiger charge is 2.24. The maximum absolute atomic E-state index is 12.0. The molecule has 3 aromatic rings. The second-order valence-corrected chi connectivity index (χ2v) is 7.39. The first-order chi connectivity index (χ1) is 13.9. The van der Waals surface area contributed by atoms with Gasteiger partial charge in [0.05, 0.1) is 25.6 Å². The van der Waals surface area contributed by atoms with E-state index in [1.165, 1.54) is 0 Å². The number of rotatable bonds is 4. The van der Waals surface area contributed by atoms with E-state index in [4.69, 9.17) is 15.2 Å². The molecule has 1 unspecified atom stereocenters. The molecule has 1 aliphatic rings. The van der Waals surface area contributed by atoms with Crippen molar-refractivity contribution < 1.29 is 18.2 Å². The van der Waals surface area contributed by atoms with Crippen LogP contribution in [0.4, 0.5) is 5.82 Å². The third kappa shape index (κ3) is 3.62. The fourth-order valence-corrected chi connectivity index (χ4v) is 3.60. The number of methoxy groups -OCH3 is 2. The summed E-state index contributed by atoms with van der Waals surface area (Å²) >= 11 is 0. The molecule has 4 rings (SSSR count). The molecule has 0 fully saturated rings. The largest absolute Gasteiger partial charge is 0.497 e. The van der Waals surface area contributed by atoms with E-state index in [1.807, 2.05) is 24.3 Å². The Bertz CT molecular complexity index is 1230. The van der Waals surface area contributed by atoms with Crippen LogP contribution < -0.4 is 15.2 Å². The van der Waals surface area contributed by atoms with E-state index in [2.05, 4.69) is 18.7 Å². The van der Waals surface area contributed by atoms with Gasteiger partial charge in [-0.2, -0.15) is 4.21 Å². The van der Waals surface area contributed by atoms with Crippen LogP contribution in [0.15, 0.2) is 57.3 Å². The molecule has 3 N–H and O–H groups in total. The van der Waals surface area contributed by atoms with Crippen molar-refractivity contribution in [2.24, 2.45) is 14.5 Å². The lowest BCUT2D eigenvalue weighted by Crippen LogP contribution is -2.21. The summed E-state index contributed by atoms with van der Waals surface area (Å²) in [5, 5.41) is 0. The molecule has 29 heavy (non-hydrogen) atoms. The molecule has 0 radical (unpaired) electrons. The Kier molecular flexibility index (Phi) is 4.65. The Morgan fingerprint density at radius 2 is 1.31 bits per heavy atom. The van der Waals surface area contributed by atoms with Gasteiger partial charge in [-0.05, 0) is 48.5 Å². The van der Waals surface area contributed by atoms with E-state index in [9.17, 15) is 8.76 Å². The molecule has 9 nitrogen and oxygen atoms in total. The quantitative estimate of drug-likeness (QED) is 0.674. The number of nitrogens with zero attached hydrogens (tertiary/aromatic N) is 4. The molecule has 0 saturated heterocycles. The van der Waals surface area contributed by atoms with Gasteiger partial charge in [0.15, 0.2) is 17.3 Å². The molecule has 1 aliphatic heterocycles. The molecule has 0 bridgehead atoms. The van der Waals surface area contributed by atoms with Gasteiger partial charge in [-0.15, -0.1) is 8.76 Å². The summed E-state index contributed by atoms with van der Waals surface area (Å²) < 4.78 is 39.4. The summed E-state index contributed by atoms with van der Waals surface area (Å²) in [6.45, 7) is 0. The van der Waals surface area contributed by atoms with E-state index in [1.54, 1.807) is 38.5 Å². The van der Waals surface area contributed by atoms with Gasteiger partial charge < -0.3 is 15.2 Å². The molecule has 148 valence electrons. The Balaban J connectivity index is 1.97. The minimum absolute atomic E-state index is 0.0342. The number of benzene rings is 2. The number of aromatic nitrogens is 2. The molecular formula is C19H17N5O4S. The number of ether oxygens (including phenoxy) is 2. The lowest BCUT2D eigenvalue weighted by molar-refractivity contribution is 0.414. The topological polar surface area (TPSA) is 132 Å². The highest BCUT2D eigenvalue weighted by molar-refractivity contribution is 7.87. The number of nitrogens with two attached hydrogens (primary N) is 1. The SMILES string of the molecule is COc1ccc(-c2nc3c(nc2-c2ccc(OC)cc2)C(N)=NS(=O)(O)=N3)cc1. The monoisotopic (exact) mass is 411 g/mol. The molecule has 2 heterocycles. The van der Waals surface area contributed by atoms with Crippen molar-refractivity contribution in [3.05, 3.63) is 54.2 Å². The van der Waals surface area contributed by atoms with Crippen LogP contribution in [-0.4, -0.2) is 38.8 Å². The minimum Gasteiger partial charge on any atom is -0.497 e. The zero-order valence-electron chi connectivity index (χ0n) is 15.6. The van der Waals surface area contributed by atoms with Gasteiger partial charge in [0.1, 0.15) is 11.5 Å². The van der Waals surface area contributed by atoms with Crippen molar-refractivity contribution in [3.63, 3.8) is 0 Å². The third-order valence-electron chi connectivity index (χ3n) is 4.27. The first-order valence-corrected chi connectivity index (χ1v) is 9.89. The van der Waals surface area contributed by atoms with E-state index in [-0.39, 0.29) is 17.3 Å². The summed E-state index contributed by atoms with van der Waals surface area (Å²) in [6.07, 6.45) is 0. The molecule has 1 atom stereocenters. The van der Waals surface area contributed by atoms with E-state index >= 15 is 0 Å². The lowest BCUT2D eigenvalue weighted by Gasteiger charge is -2.15. The van der Waals surface area contributed by atoms with Gasteiger partial charge >= 0.3 is 0 Å². The maximum Gasteiger partial charge on any atom is 0.281 e. The minimum atomic E-state index is -3.84. The zero-order valence-corrected chi connectivity index (χ0v) is 16.4. The van der Waals surface area contributed by atoms with Crippen molar-refractivity contribution in [2.75, 3.05) is 14.2 Å². The van der Waals surface area contributed by atoms with Crippen molar-refractivity contribution in [1.82, 2.24) is 9.97 Å². The predicted molar refractivity (Wildman–Crippen MR) is 110 cm³/mol. The van der Waals surface area contributed by atoms with Crippen molar-refractivity contribution in [2.45, 2.75) is 0 Å². The normalized spacial score (nSPS) is 17.7. The van der Waals surface area contributed by atoms with E-state index < -0.39 is 10.2 Å². The Morgan fingerprint density at radius 3 is 1.79 bits per heavy atom. The zero-order chi connectivity index (χ0) is 20.6. The highest BCUT2D eigenvalue weighted by Crippen LogP contribution is 2.35. The molecule has 0 aliphatic carbocycles. The second kappa shape index (κ2) is 7.15. The molecule has 2 aromatic carbocycles. The first-order valence-electron chi connectivity index (χ1n) is 8.46. The van der Waals surface area contributed by atoms with Crippen LogP contribution in [0.25, 0.3) is 22.5 Å². The van der Waals surface area contributed by atoms with Crippen LogP contribution >= 0.6 is 0 Å². The molecule has 0 spiro atoms. The summed E-state index contributed by atoms with van der Waals surface area (Å²) in [6, 6.07) is 14.5. The number of amidine groups is 1. The van der Waals surface area contributed by atoms with Gasteiger partial charge in [0.25, 0.3) is 10.2 Å². The fourth-order valence-electron chi connectivity index (χ4n) is 2.87. The van der Waals surface area contributed by atoms with Crippen molar-refractivity contribution >= 4 is 21.8 Å². The van der Waals surface area contributed by atoms with Crippen LogP contribution in [-0.2, 0) is 10.2 Å². The average molecular weight is 411 g/mol. The van der Waals surface area contributed by atoms with Gasteiger partial charge in [0.2, 0.25) is 0 Å². The van der Waals surface area contributed by atoms with Gasteiger partial charge in [-0.25, -0.2) is 9.97 Å². The van der Waals surface area contributed by atoms with Gasteiger partial charge in [0, 0.05) is 11.1 Å². The first kappa shape index (κ1) is 18.8. The Morgan fingerprint density at radius 1 is 0.828 bits per heavy atom.